The summed E-state index contributed by atoms with van der Waals surface area (Å²) in [4.78, 5) is 35.8. The number of rotatable bonds is 10. The Kier molecular flexibility index (Phi) is 9.02. The molecule has 0 fully saturated rings. The second kappa shape index (κ2) is 11.7. The number of alkyl carbamates (subject to hydrolysis) is 1. The number of primary amides is 1. The largest absolute Gasteiger partial charge is 0.445 e. The lowest BCUT2D eigenvalue weighted by atomic mass is 9.96. The van der Waals surface area contributed by atoms with Gasteiger partial charge in [0.25, 0.3) is 0 Å². The molecule has 0 heterocycles. The molecule has 0 spiro atoms. The van der Waals surface area contributed by atoms with Crippen molar-refractivity contribution < 1.29 is 24.2 Å². The summed E-state index contributed by atoms with van der Waals surface area (Å²) in [5.74, 6) is -1.20. The van der Waals surface area contributed by atoms with Crippen LogP contribution in [-0.4, -0.2) is 41.7 Å². The summed E-state index contributed by atoms with van der Waals surface area (Å²) >= 11 is 0. The minimum atomic E-state index is -1.14. The number of carbonyl (C=O) groups excluding carboxylic acids is 3. The summed E-state index contributed by atoms with van der Waals surface area (Å²) in [6, 6.07) is 14.0. The second-order valence-corrected chi connectivity index (χ2v) is 7.40. The van der Waals surface area contributed by atoms with Crippen LogP contribution in [0.3, 0.4) is 0 Å². The highest BCUT2D eigenvalue weighted by molar-refractivity contribution is 5.87. The fraction of sp³-hybridized carbons (Fsp3) is 0.348. The van der Waals surface area contributed by atoms with E-state index in [0.29, 0.717) is 0 Å². The Morgan fingerprint density at radius 3 is 2.29 bits per heavy atom. The van der Waals surface area contributed by atoms with Gasteiger partial charge < -0.3 is 26.2 Å². The monoisotopic (exact) mass is 427 g/mol. The molecule has 0 saturated heterocycles. The Hall–Kier alpha value is -3.39. The predicted octanol–water partition coefficient (Wildman–Crippen LogP) is 1.49. The molecule has 5 N–H and O–H groups in total. The van der Waals surface area contributed by atoms with Crippen LogP contribution in [-0.2, 0) is 27.4 Å². The standard InChI is InChI=1S/C23H29N3O5/c1-15-7-6-8-16(2)19(15)12-20(22(24)29)26-21(28)11-18(27)13-25-23(30)31-14-17-9-4-3-5-10-17/h3-10,18,20,27H,11-14H2,1-2H3,(H2,24,29)(H,25,30)(H,26,28)/t18-,20+/m1/s1. The number of aliphatic hydroxyl groups is 1. The number of ether oxygens (including phenoxy) is 1. The number of amides is 3. The maximum absolute atomic E-state index is 12.3. The Morgan fingerprint density at radius 2 is 1.68 bits per heavy atom. The van der Waals surface area contributed by atoms with E-state index < -0.39 is 30.1 Å². The first-order chi connectivity index (χ1) is 14.8. The Morgan fingerprint density at radius 1 is 1.03 bits per heavy atom. The van der Waals surface area contributed by atoms with Gasteiger partial charge in [-0.1, -0.05) is 48.5 Å². The summed E-state index contributed by atoms with van der Waals surface area (Å²) in [5, 5.41) is 15.0. The third-order valence-electron chi connectivity index (χ3n) is 4.85. The van der Waals surface area contributed by atoms with Crippen molar-refractivity contribution in [1.29, 1.82) is 0 Å². The van der Waals surface area contributed by atoms with E-state index in [1.165, 1.54) is 0 Å². The van der Waals surface area contributed by atoms with Crippen LogP contribution in [0.1, 0.15) is 28.7 Å². The van der Waals surface area contributed by atoms with E-state index in [4.69, 9.17) is 10.5 Å². The van der Waals surface area contributed by atoms with Gasteiger partial charge in [0.05, 0.1) is 12.5 Å². The molecule has 2 aromatic carbocycles. The molecule has 3 amide bonds. The number of hydrogen-bond donors (Lipinski definition) is 4. The molecule has 8 nitrogen and oxygen atoms in total. The van der Waals surface area contributed by atoms with E-state index >= 15 is 0 Å². The first-order valence-electron chi connectivity index (χ1n) is 10.0. The molecular weight excluding hydrogens is 398 g/mol. The number of hydrogen-bond acceptors (Lipinski definition) is 5. The fourth-order valence-corrected chi connectivity index (χ4v) is 3.11. The van der Waals surface area contributed by atoms with E-state index in [-0.39, 0.29) is 26.0 Å². The molecule has 8 heteroatoms. The Bertz CT molecular complexity index is 881. The number of aliphatic hydroxyl groups excluding tert-OH is 1. The van der Waals surface area contributed by atoms with Crippen molar-refractivity contribution in [2.45, 2.75) is 45.4 Å². The summed E-state index contributed by atoms with van der Waals surface area (Å²) in [6.07, 6.45) is -1.87. The average molecular weight is 428 g/mol. The van der Waals surface area contributed by atoms with Crippen molar-refractivity contribution in [1.82, 2.24) is 10.6 Å². The number of nitrogens with one attached hydrogen (secondary N) is 2. The molecule has 2 aromatic rings. The Balaban J connectivity index is 1.78. The average Bonchev–Trinajstić information content (AvgIpc) is 2.73. The quantitative estimate of drug-likeness (QED) is 0.456. The summed E-state index contributed by atoms with van der Waals surface area (Å²) in [6.45, 7) is 3.78. The van der Waals surface area contributed by atoms with Crippen molar-refractivity contribution in [2.75, 3.05) is 6.54 Å². The van der Waals surface area contributed by atoms with Crippen LogP contribution in [0, 0.1) is 13.8 Å². The zero-order chi connectivity index (χ0) is 22.8. The predicted molar refractivity (Wildman–Crippen MR) is 116 cm³/mol. The zero-order valence-corrected chi connectivity index (χ0v) is 17.8. The minimum Gasteiger partial charge on any atom is -0.445 e. The van der Waals surface area contributed by atoms with Crippen molar-refractivity contribution in [3.05, 3.63) is 70.8 Å². The molecule has 2 atom stereocenters. The highest BCUT2D eigenvalue weighted by Crippen LogP contribution is 2.15. The SMILES string of the molecule is Cc1cccc(C)c1C[C@H](NC(=O)C[C@@H](O)CNC(=O)OCc1ccccc1)C(N)=O. The van der Waals surface area contributed by atoms with Gasteiger partial charge in [-0.15, -0.1) is 0 Å². The van der Waals surface area contributed by atoms with Crippen LogP contribution in [0.2, 0.25) is 0 Å². The highest BCUT2D eigenvalue weighted by Gasteiger charge is 2.22. The minimum absolute atomic E-state index is 0.0991. The lowest BCUT2D eigenvalue weighted by Gasteiger charge is -2.19. The van der Waals surface area contributed by atoms with E-state index in [0.717, 1.165) is 22.3 Å². The first kappa shape index (κ1) is 23.9. The van der Waals surface area contributed by atoms with E-state index in [9.17, 15) is 19.5 Å². The molecule has 166 valence electrons. The van der Waals surface area contributed by atoms with Gasteiger partial charge in [-0.2, -0.15) is 0 Å². The third kappa shape index (κ3) is 8.10. The molecule has 0 aliphatic rings. The number of benzene rings is 2. The van der Waals surface area contributed by atoms with Gasteiger partial charge in [0, 0.05) is 13.0 Å². The number of nitrogens with two attached hydrogens (primary N) is 1. The number of carbonyl (C=O) groups is 3. The molecule has 0 bridgehead atoms. The smallest absolute Gasteiger partial charge is 0.407 e. The maximum Gasteiger partial charge on any atom is 0.407 e. The molecule has 0 aromatic heterocycles. The van der Waals surface area contributed by atoms with Crippen LogP contribution in [0.15, 0.2) is 48.5 Å². The highest BCUT2D eigenvalue weighted by atomic mass is 16.5. The third-order valence-corrected chi connectivity index (χ3v) is 4.85. The van der Waals surface area contributed by atoms with Crippen LogP contribution in [0.5, 0.6) is 0 Å². The van der Waals surface area contributed by atoms with Crippen LogP contribution < -0.4 is 16.4 Å². The second-order valence-electron chi connectivity index (χ2n) is 7.40. The summed E-state index contributed by atoms with van der Waals surface area (Å²) in [5.41, 5.74) is 9.22. The van der Waals surface area contributed by atoms with Crippen molar-refractivity contribution in [3.63, 3.8) is 0 Å². The van der Waals surface area contributed by atoms with E-state index in [1.807, 2.05) is 62.4 Å². The van der Waals surface area contributed by atoms with E-state index in [1.54, 1.807) is 0 Å². The van der Waals surface area contributed by atoms with Gasteiger partial charge >= 0.3 is 6.09 Å². The Labute approximate surface area is 181 Å². The van der Waals surface area contributed by atoms with Crippen LogP contribution in [0.4, 0.5) is 4.79 Å². The van der Waals surface area contributed by atoms with Crippen LogP contribution >= 0.6 is 0 Å². The molecule has 2 rings (SSSR count). The molecule has 0 aliphatic carbocycles. The van der Waals surface area contributed by atoms with Gasteiger partial charge in [-0.3, -0.25) is 9.59 Å². The fourth-order valence-electron chi connectivity index (χ4n) is 3.11. The summed E-state index contributed by atoms with van der Waals surface area (Å²) < 4.78 is 5.05. The normalized spacial score (nSPS) is 12.5. The molecule has 0 unspecified atom stereocenters. The van der Waals surface area contributed by atoms with Gasteiger partial charge in [0.1, 0.15) is 12.6 Å². The molecule has 0 radical (unpaired) electrons. The zero-order valence-electron chi connectivity index (χ0n) is 17.8. The lowest BCUT2D eigenvalue weighted by molar-refractivity contribution is -0.128. The van der Waals surface area contributed by atoms with E-state index in [2.05, 4.69) is 10.6 Å². The number of aryl methyl sites for hydroxylation is 2. The topological polar surface area (TPSA) is 131 Å². The van der Waals surface area contributed by atoms with Crippen LogP contribution in [0.25, 0.3) is 0 Å². The van der Waals surface area contributed by atoms with Crippen molar-refractivity contribution >= 4 is 17.9 Å². The molecule has 0 aliphatic heterocycles. The maximum atomic E-state index is 12.3. The molecule has 31 heavy (non-hydrogen) atoms. The van der Waals surface area contributed by atoms with Gasteiger partial charge in [-0.25, -0.2) is 4.79 Å². The van der Waals surface area contributed by atoms with Gasteiger partial charge in [0.2, 0.25) is 11.8 Å². The first-order valence-corrected chi connectivity index (χ1v) is 10.0. The lowest BCUT2D eigenvalue weighted by Crippen LogP contribution is -2.47. The van der Waals surface area contributed by atoms with Crippen molar-refractivity contribution in [3.8, 4) is 0 Å². The van der Waals surface area contributed by atoms with Gasteiger partial charge in [-0.05, 0) is 36.1 Å². The molecule has 0 saturated carbocycles. The van der Waals surface area contributed by atoms with Crippen molar-refractivity contribution in [2.24, 2.45) is 5.73 Å². The van der Waals surface area contributed by atoms with Gasteiger partial charge in [0.15, 0.2) is 0 Å². The summed E-state index contributed by atoms with van der Waals surface area (Å²) in [7, 11) is 0. The molecular formula is C23H29N3O5.